The fraction of sp³-hybridized carbons (Fsp3) is 0.333. The smallest absolute Gasteiger partial charge is 0.340 e. The van der Waals surface area contributed by atoms with Crippen LogP contribution in [-0.2, 0) is 4.74 Å². The molecule has 0 atom stereocenters. The van der Waals surface area contributed by atoms with Crippen molar-refractivity contribution in [1.29, 1.82) is 0 Å². The molecule has 0 spiro atoms. The van der Waals surface area contributed by atoms with Gasteiger partial charge in [-0.2, -0.15) is 0 Å². The summed E-state index contributed by atoms with van der Waals surface area (Å²) < 4.78 is 7.02. The van der Waals surface area contributed by atoms with Crippen molar-refractivity contribution in [1.82, 2.24) is 4.57 Å². The number of hydrogen-bond acceptors (Lipinski definition) is 3. The Labute approximate surface area is 166 Å². The first-order chi connectivity index (χ1) is 13.7. The monoisotopic (exact) mass is 377 g/mol. The summed E-state index contributed by atoms with van der Waals surface area (Å²) in [4.78, 5) is 25.5. The van der Waals surface area contributed by atoms with Crippen LogP contribution in [0.1, 0.15) is 66.2 Å². The summed E-state index contributed by atoms with van der Waals surface area (Å²) in [6.45, 7) is 2.61. The van der Waals surface area contributed by atoms with Gasteiger partial charge in [0.25, 0.3) is 5.91 Å². The van der Waals surface area contributed by atoms with E-state index >= 15 is 0 Å². The van der Waals surface area contributed by atoms with Crippen molar-refractivity contribution in [2.45, 2.75) is 45.4 Å². The van der Waals surface area contributed by atoms with Crippen molar-refractivity contribution in [2.24, 2.45) is 0 Å². The average molecular weight is 377 g/mol. The van der Waals surface area contributed by atoms with Crippen LogP contribution in [-0.4, -0.2) is 23.1 Å². The van der Waals surface area contributed by atoms with Crippen molar-refractivity contribution in [2.75, 3.05) is 6.61 Å². The molecule has 146 valence electrons. The van der Waals surface area contributed by atoms with Crippen LogP contribution >= 0.6 is 0 Å². The van der Waals surface area contributed by atoms with E-state index in [1.807, 2.05) is 36.4 Å². The van der Waals surface area contributed by atoms with Gasteiger partial charge in [-0.05, 0) is 30.7 Å². The molecule has 0 fully saturated rings. The van der Waals surface area contributed by atoms with E-state index in [1.165, 1.54) is 30.3 Å². The van der Waals surface area contributed by atoms with Crippen molar-refractivity contribution in [3.05, 3.63) is 71.9 Å². The van der Waals surface area contributed by atoms with Crippen LogP contribution in [0.4, 0.5) is 0 Å². The Hall–Kier alpha value is -2.88. The van der Waals surface area contributed by atoms with Crippen molar-refractivity contribution >= 4 is 22.8 Å². The Morgan fingerprint density at radius 1 is 0.857 bits per heavy atom. The summed E-state index contributed by atoms with van der Waals surface area (Å²) in [5.74, 6) is -0.535. The van der Waals surface area contributed by atoms with E-state index in [2.05, 4.69) is 6.92 Å². The first-order valence-corrected chi connectivity index (χ1v) is 10.1. The molecular weight excluding hydrogens is 350 g/mol. The predicted molar refractivity (Wildman–Crippen MR) is 112 cm³/mol. The van der Waals surface area contributed by atoms with Crippen molar-refractivity contribution < 1.29 is 14.3 Å². The largest absolute Gasteiger partial charge is 0.462 e. The summed E-state index contributed by atoms with van der Waals surface area (Å²) in [5, 5.41) is 0.846. The van der Waals surface area contributed by atoms with Crippen LogP contribution in [0.2, 0.25) is 0 Å². The second-order valence-corrected chi connectivity index (χ2v) is 7.00. The molecule has 3 rings (SSSR count). The standard InChI is InChI=1S/C24H27NO3/c1-2-3-4-5-6-10-18-28-24(27)21-15-11-14-19-16-17-25(22(19)21)23(26)20-12-8-7-9-13-20/h7-9,11-17H,2-6,10,18H2,1H3. The van der Waals surface area contributed by atoms with Crippen LogP contribution in [0, 0.1) is 0 Å². The molecule has 4 nitrogen and oxygen atoms in total. The van der Waals surface area contributed by atoms with Gasteiger partial charge in [0.05, 0.1) is 17.7 Å². The maximum absolute atomic E-state index is 12.9. The van der Waals surface area contributed by atoms with E-state index in [0.717, 1.165) is 18.2 Å². The molecule has 0 amide bonds. The number of hydrogen-bond donors (Lipinski definition) is 0. The molecular formula is C24H27NO3. The maximum atomic E-state index is 12.9. The second kappa shape index (κ2) is 9.88. The van der Waals surface area contributed by atoms with Crippen LogP contribution in [0.5, 0.6) is 0 Å². The zero-order valence-electron chi connectivity index (χ0n) is 16.4. The molecule has 0 N–H and O–H groups in total. The number of nitrogens with zero attached hydrogens (tertiary/aromatic N) is 1. The minimum atomic E-state index is -0.375. The Kier molecular flexibility index (Phi) is 7.01. The zero-order valence-corrected chi connectivity index (χ0v) is 16.4. The van der Waals surface area contributed by atoms with Gasteiger partial charge in [-0.15, -0.1) is 0 Å². The number of para-hydroxylation sites is 1. The molecule has 1 aromatic heterocycles. The first-order valence-electron chi connectivity index (χ1n) is 10.1. The lowest BCUT2D eigenvalue weighted by atomic mass is 10.1. The molecule has 3 aromatic rings. The third-order valence-corrected chi connectivity index (χ3v) is 4.90. The van der Waals surface area contributed by atoms with Gasteiger partial charge < -0.3 is 4.74 Å². The van der Waals surface area contributed by atoms with Gasteiger partial charge in [-0.3, -0.25) is 9.36 Å². The molecule has 0 saturated heterocycles. The van der Waals surface area contributed by atoms with E-state index in [1.54, 1.807) is 24.4 Å². The molecule has 4 heteroatoms. The quantitative estimate of drug-likeness (QED) is 0.347. The molecule has 2 aromatic carbocycles. The van der Waals surface area contributed by atoms with Gasteiger partial charge in [0.2, 0.25) is 0 Å². The van der Waals surface area contributed by atoms with E-state index in [0.29, 0.717) is 23.3 Å². The highest BCUT2D eigenvalue weighted by Crippen LogP contribution is 2.22. The number of benzene rings is 2. The number of carbonyl (C=O) groups excluding carboxylic acids is 2. The molecule has 0 radical (unpaired) electrons. The summed E-state index contributed by atoms with van der Waals surface area (Å²) in [6, 6.07) is 16.4. The average Bonchev–Trinajstić information content (AvgIpc) is 3.17. The van der Waals surface area contributed by atoms with Gasteiger partial charge >= 0.3 is 5.97 Å². The van der Waals surface area contributed by atoms with E-state index < -0.39 is 0 Å². The van der Waals surface area contributed by atoms with Gasteiger partial charge in [0.15, 0.2) is 0 Å². The minimum Gasteiger partial charge on any atom is -0.462 e. The Morgan fingerprint density at radius 2 is 1.61 bits per heavy atom. The second-order valence-electron chi connectivity index (χ2n) is 7.00. The van der Waals surface area contributed by atoms with Crippen LogP contribution in [0.3, 0.4) is 0 Å². The van der Waals surface area contributed by atoms with E-state index in [-0.39, 0.29) is 11.9 Å². The number of aromatic nitrogens is 1. The lowest BCUT2D eigenvalue weighted by Gasteiger charge is -2.09. The normalized spacial score (nSPS) is 10.9. The molecule has 28 heavy (non-hydrogen) atoms. The van der Waals surface area contributed by atoms with Crippen molar-refractivity contribution in [3.8, 4) is 0 Å². The number of ether oxygens (including phenoxy) is 1. The third kappa shape index (κ3) is 4.69. The molecule has 0 aliphatic heterocycles. The zero-order chi connectivity index (χ0) is 19.8. The SMILES string of the molecule is CCCCCCCCOC(=O)c1cccc2ccn(C(=O)c3ccccc3)c12. The van der Waals surface area contributed by atoms with E-state index in [4.69, 9.17) is 4.74 Å². The van der Waals surface area contributed by atoms with Gasteiger partial charge in [-0.25, -0.2) is 4.79 Å². The van der Waals surface area contributed by atoms with Gasteiger partial charge in [0.1, 0.15) is 0 Å². The summed E-state index contributed by atoms with van der Waals surface area (Å²) in [5.41, 5.74) is 1.61. The highest BCUT2D eigenvalue weighted by Gasteiger charge is 2.18. The summed E-state index contributed by atoms with van der Waals surface area (Å²) in [7, 11) is 0. The number of esters is 1. The number of carbonyl (C=O) groups is 2. The molecule has 0 aliphatic rings. The summed E-state index contributed by atoms with van der Waals surface area (Å²) in [6.07, 6.45) is 8.54. The van der Waals surface area contributed by atoms with Crippen molar-refractivity contribution in [3.63, 3.8) is 0 Å². The van der Waals surface area contributed by atoms with Crippen LogP contribution < -0.4 is 0 Å². The van der Waals surface area contributed by atoms with Gasteiger partial charge in [-0.1, -0.05) is 69.4 Å². The molecule has 0 unspecified atom stereocenters. The lowest BCUT2D eigenvalue weighted by Crippen LogP contribution is -2.14. The Morgan fingerprint density at radius 3 is 2.39 bits per heavy atom. The fourth-order valence-corrected chi connectivity index (χ4v) is 3.37. The summed E-state index contributed by atoms with van der Waals surface area (Å²) >= 11 is 0. The van der Waals surface area contributed by atoms with Gasteiger partial charge in [0, 0.05) is 17.1 Å². The lowest BCUT2D eigenvalue weighted by molar-refractivity contribution is 0.0499. The third-order valence-electron chi connectivity index (χ3n) is 4.90. The fourth-order valence-electron chi connectivity index (χ4n) is 3.37. The molecule has 1 heterocycles. The number of rotatable bonds is 9. The number of unbranched alkanes of at least 4 members (excludes halogenated alkanes) is 5. The Balaban J connectivity index is 1.72. The van der Waals surface area contributed by atoms with Crippen LogP contribution in [0.25, 0.3) is 10.9 Å². The van der Waals surface area contributed by atoms with Crippen LogP contribution in [0.15, 0.2) is 60.8 Å². The highest BCUT2D eigenvalue weighted by atomic mass is 16.5. The maximum Gasteiger partial charge on any atom is 0.340 e. The molecule has 0 saturated carbocycles. The topological polar surface area (TPSA) is 48.3 Å². The first kappa shape index (κ1) is 19.9. The predicted octanol–water partition coefficient (Wildman–Crippen LogP) is 5.85. The minimum absolute atomic E-state index is 0.160. The van der Waals surface area contributed by atoms with E-state index in [9.17, 15) is 9.59 Å². The number of fused-ring (bicyclic) bond motifs is 1. The highest BCUT2D eigenvalue weighted by molar-refractivity contribution is 6.09. The Bertz CT molecular complexity index is 927. The molecule has 0 bridgehead atoms. The molecule has 0 aliphatic carbocycles.